The molecule has 0 saturated heterocycles. The van der Waals surface area contributed by atoms with Gasteiger partial charge in [-0.1, -0.05) is 208 Å². The monoisotopic (exact) mass is 983 g/mol. The first kappa shape index (κ1) is 54.7. The van der Waals surface area contributed by atoms with Gasteiger partial charge in [0.15, 0.2) is 0 Å². The van der Waals surface area contributed by atoms with Crippen LogP contribution >= 0.6 is 0 Å². The van der Waals surface area contributed by atoms with Crippen LogP contribution in [0.25, 0.3) is 0 Å². The molecular weight excluding hydrogens is 913 g/mol. The highest BCUT2D eigenvalue weighted by molar-refractivity contribution is 5.95. The number of carbonyl (C=O) groups excluding carboxylic acids is 5. The molecule has 0 aliphatic heterocycles. The van der Waals surface area contributed by atoms with Gasteiger partial charge in [-0.2, -0.15) is 0 Å². The molecule has 73 heavy (non-hydrogen) atoms. The largest absolute Gasteiger partial charge is 0.467 e. The highest BCUT2D eigenvalue weighted by atomic mass is 16.5. The minimum absolute atomic E-state index is 0.106. The van der Waals surface area contributed by atoms with E-state index in [9.17, 15) is 29.1 Å². The number of ether oxygens (including phenoxy) is 1. The number of aliphatic hydroxyl groups excluding tert-OH is 1. The molecule has 0 heterocycles. The third-order valence-electron chi connectivity index (χ3n) is 13.6. The van der Waals surface area contributed by atoms with E-state index in [1.165, 1.54) is 37.6 Å². The number of unbranched alkanes of at least 4 members (excludes halogenated alkanes) is 1. The van der Waals surface area contributed by atoms with Crippen LogP contribution in [-0.2, 0) is 39.5 Å². The number of rotatable bonds is 25. The molecular formula is C62H70N4O7. The number of benzene rings is 6. The van der Waals surface area contributed by atoms with Crippen molar-refractivity contribution < 1.29 is 33.8 Å². The van der Waals surface area contributed by atoms with E-state index in [1.54, 1.807) is 19.9 Å². The van der Waals surface area contributed by atoms with E-state index < -0.39 is 76.6 Å². The first-order valence-corrected chi connectivity index (χ1v) is 25.3. The second-order valence-electron chi connectivity index (χ2n) is 19.0. The van der Waals surface area contributed by atoms with Gasteiger partial charge in [0.1, 0.15) is 24.2 Å². The van der Waals surface area contributed by atoms with E-state index in [-0.39, 0.29) is 12.8 Å². The van der Waals surface area contributed by atoms with Gasteiger partial charge >= 0.3 is 5.97 Å². The SMILES string of the molecule is COC(=O)C(C)NC(=O)C(NC(=O)C(CCC(c1ccccc1)(c1ccccc1)c1ccccc1)NC(=O)C(C)NC(=O)CC(O)C=CCCCC(c1ccccc1)(c1ccccc1)c1ccccc1)C(C)C. The molecule has 380 valence electrons. The number of hydrogen-bond donors (Lipinski definition) is 5. The highest BCUT2D eigenvalue weighted by Gasteiger charge is 2.39. The van der Waals surface area contributed by atoms with Crippen molar-refractivity contribution in [2.24, 2.45) is 5.92 Å². The molecule has 0 aliphatic rings. The zero-order valence-electron chi connectivity index (χ0n) is 42.6. The summed E-state index contributed by atoms with van der Waals surface area (Å²) in [7, 11) is 1.22. The molecule has 0 radical (unpaired) electrons. The number of hydrogen-bond acceptors (Lipinski definition) is 7. The van der Waals surface area contributed by atoms with Gasteiger partial charge in [0.25, 0.3) is 0 Å². The molecule has 0 saturated carbocycles. The van der Waals surface area contributed by atoms with Crippen molar-refractivity contribution in [3.05, 3.63) is 228 Å². The summed E-state index contributed by atoms with van der Waals surface area (Å²) in [6.45, 7) is 6.54. The summed E-state index contributed by atoms with van der Waals surface area (Å²) in [4.78, 5) is 68.0. The van der Waals surface area contributed by atoms with Crippen LogP contribution in [0.4, 0.5) is 0 Å². The molecule has 5 unspecified atom stereocenters. The van der Waals surface area contributed by atoms with Crippen molar-refractivity contribution in [2.75, 3.05) is 7.11 Å². The zero-order chi connectivity index (χ0) is 52.2. The number of amides is 4. The number of esters is 1. The molecule has 0 bridgehead atoms. The van der Waals surface area contributed by atoms with Gasteiger partial charge in [-0.25, -0.2) is 4.79 Å². The Morgan fingerprint density at radius 2 is 0.904 bits per heavy atom. The van der Waals surface area contributed by atoms with Gasteiger partial charge in [0.05, 0.1) is 19.6 Å². The van der Waals surface area contributed by atoms with Crippen LogP contribution in [0, 0.1) is 5.92 Å². The lowest BCUT2D eigenvalue weighted by Gasteiger charge is -2.37. The van der Waals surface area contributed by atoms with Gasteiger partial charge in [0.2, 0.25) is 23.6 Å². The van der Waals surface area contributed by atoms with E-state index in [0.717, 1.165) is 29.5 Å². The van der Waals surface area contributed by atoms with Gasteiger partial charge in [-0.3, -0.25) is 19.2 Å². The lowest BCUT2D eigenvalue weighted by molar-refractivity contribution is -0.145. The van der Waals surface area contributed by atoms with Crippen LogP contribution in [0.2, 0.25) is 0 Å². The quantitative estimate of drug-likeness (QED) is 0.0165. The molecule has 6 aromatic carbocycles. The summed E-state index contributed by atoms with van der Waals surface area (Å²) >= 11 is 0. The fourth-order valence-corrected chi connectivity index (χ4v) is 9.82. The van der Waals surface area contributed by atoms with Crippen LogP contribution in [0.5, 0.6) is 0 Å². The summed E-state index contributed by atoms with van der Waals surface area (Å²) in [6, 6.07) is 57.1. The topological polar surface area (TPSA) is 163 Å². The first-order valence-electron chi connectivity index (χ1n) is 25.3. The molecule has 0 aromatic heterocycles. The van der Waals surface area contributed by atoms with Crippen molar-refractivity contribution in [1.82, 2.24) is 21.3 Å². The normalized spacial score (nSPS) is 13.7. The molecule has 0 fully saturated rings. The van der Waals surface area contributed by atoms with Crippen LogP contribution in [0.1, 0.15) is 99.6 Å². The molecule has 4 amide bonds. The second kappa shape index (κ2) is 26.7. The van der Waals surface area contributed by atoms with E-state index in [2.05, 4.69) is 94.1 Å². The molecule has 6 aromatic rings. The minimum Gasteiger partial charge on any atom is -0.467 e. The maximum atomic E-state index is 14.6. The smallest absolute Gasteiger partial charge is 0.328 e. The van der Waals surface area contributed by atoms with Crippen LogP contribution < -0.4 is 21.3 Å². The van der Waals surface area contributed by atoms with E-state index >= 15 is 0 Å². The van der Waals surface area contributed by atoms with E-state index in [0.29, 0.717) is 12.8 Å². The van der Waals surface area contributed by atoms with Crippen molar-refractivity contribution in [3.8, 4) is 0 Å². The van der Waals surface area contributed by atoms with Gasteiger partial charge in [-0.05, 0) is 85.3 Å². The molecule has 5 N–H and O–H groups in total. The number of allylic oxidation sites excluding steroid dienone is 1. The van der Waals surface area contributed by atoms with Crippen molar-refractivity contribution in [2.45, 2.75) is 107 Å². The van der Waals surface area contributed by atoms with Crippen LogP contribution in [0.15, 0.2) is 194 Å². The Balaban J connectivity index is 1.17. The summed E-state index contributed by atoms with van der Waals surface area (Å²) in [5.41, 5.74) is 5.30. The molecule has 11 nitrogen and oxygen atoms in total. The molecule has 0 aliphatic carbocycles. The number of nitrogens with one attached hydrogen (secondary N) is 4. The maximum absolute atomic E-state index is 14.6. The summed E-state index contributed by atoms with van der Waals surface area (Å²) in [5.74, 6) is -3.45. The number of aliphatic hydroxyl groups is 1. The molecule has 11 heteroatoms. The Labute approximate surface area is 430 Å². The average molecular weight is 983 g/mol. The highest BCUT2D eigenvalue weighted by Crippen LogP contribution is 2.45. The predicted octanol–water partition coefficient (Wildman–Crippen LogP) is 9.12. The van der Waals surface area contributed by atoms with Crippen LogP contribution in [-0.4, -0.2) is 72.1 Å². The Morgan fingerprint density at radius 1 is 0.507 bits per heavy atom. The Kier molecular flexibility index (Phi) is 20.0. The lowest BCUT2D eigenvalue weighted by Crippen LogP contribution is -2.58. The van der Waals surface area contributed by atoms with Crippen molar-refractivity contribution in [3.63, 3.8) is 0 Å². The van der Waals surface area contributed by atoms with Crippen LogP contribution in [0.3, 0.4) is 0 Å². The fourth-order valence-electron chi connectivity index (χ4n) is 9.82. The average Bonchev–Trinajstić information content (AvgIpc) is 3.42. The molecule has 6 rings (SSSR count). The second-order valence-corrected chi connectivity index (χ2v) is 19.0. The van der Waals surface area contributed by atoms with E-state index in [4.69, 9.17) is 4.74 Å². The minimum atomic E-state index is -1.19. The third kappa shape index (κ3) is 14.1. The lowest BCUT2D eigenvalue weighted by atomic mass is 9.66. The third-order valence-corrected chi connectivity index (χ3v) is 13.6. The predicted molar refractivity (Wildman–Crippen MR) is 287 cm³/mol. The van der Waals surface area contributed by atoms with E-state index in [1.807, 2.05) is 115 Å². The summed E-state index contributed by atoms with van der Waals surface area (Å²) < 4.78 is 4.80. The van der Waals surface area contributed by atoms with Crippen molar-refractivity contribution in [1.29, 1.82) is 0 Å². The fraction of sp³-hybridized carbons (Fsp3) is 0.306. The molecule has 0 spiro atoms. The molecule has 5 atom stereocenters. The maximum Gasteiger partial charge on any atom is 0.328 e. The Bertz CT molecular complexity index is 2510. The first-order chi connectivity index (χ1) is 35.3. The van der Waals surface area contributed by atoms with Crippen molar-refractivity contribution >= 4 is 29.6 Å². The van der Waals surface area contributed by atoms with Gasteiger partial charge in [0, 0.05) is 10.8 Å². The zero-order valence-corrected chi connectivity index (χ0v) is 42.6. The van der Waals surface area contributed by atoms with Gasteiger partial charge < -0.3 is 31.1 Å². The number of methoxy groups -OCH3 is 1. The van der Waals surface area contributed by atoms with Gasteiger partial charge in [-0.15, -0.1) is 0 Å². The summed E-state index contributed by atoms with van der Waals surface area (Å²) in [6.07, 6.45) is 4.79. The Morgan fingerprint density at radius 3 is 1.29 bits per heavy atom. The standard InChI is InChI=1S/C62H70N4O7/c1-44(2)56(59(71)64-46(4)60(72)73-5)66-58(70)54(40-42-62(50-33-19-9-20-34-50,51-35-21-10-22-36-51)52-37-23-11-24-38-52)65-57(69)45(3)63-55(68)43-53(67)39-25-12-26-41-61(47-27-13-6-14-28-47,48-29-15-7-16-30-48)49-31-17-8-18-32-49/h6-11,13-25,27-39,44-46,53-54,56,67H,12,26,40-43H2,1-5H3,(H,63,68)(H,64,71)(H,65,69)(H,66,70). The number of carbonyl (C=O) groups is 5. The Hall–Kier alpha value is -7.63. The summed E-state index contributed by atoms with van der Waals surface area (Å²) in [5, 5.41) is 22.1.